The highest BCUT2D eigenvalue weighted by atomic mass is 32.1. The van der Waals surface area contributed by atoms with E-state index in [-0.39, 0.29) is 0 Å². The Morgan fingerprint density at radius 3 is 2.82 bits per heavy atom. The molecule has 0 saturated carbocycles. The van der Waals surface area contributed by atoms with E-state index < -0.39 is 0 Å². The molecule has 62 valence electrons. The van der Waals surface area contributed by atoms with E-state index in [1.54, 1.807) is 11.3 Å². The second-order valence-electron chi connectivity index (χ2n) is 2.70. The van der Waals surface area contributed by atoms with E-state index in [1.807, 2.05) is 6.20 Å². The molecule has 0 fully saturated rings. The Hall–Kier alpha value is -0.410. The molecule has 0 unspecified atom stereocenters. The number of aryl methyl sites for hydroxylation is 1. The summed E-state index contributed by atoms with van der Waals surface area (Å²) in [4.78, 5) is 7.82. The van der Waals surface area contributed by atoms with Crippen LogP contribution in [0.5, 0.6) is 0 Å². The number of aromatic nitrogens is 1. The summed E-state index contributed by atoms with van der Waals surface area (Å²) in [6.45, 7) is 6.31. The van der Waals surface area contributed by atoms with Crippen LogP contribution in [0, 0.1) is 6.92 Å². The van der Waals surface area contributed by atoms with E-state index in [2.05, 4.69) is 30.8 Å². The molecule has 1 heterocycles. The molecule has 0 aliphatic heterocycles. The first-order chi connectivity index (χ1) is 5.22. The average Bonchev–Trinajstić information content (AvgIpc) is 2.35. The van der Waals surface area contributed by atoms with Crippen molar-refractivity contribution in [1.29, 1.82) is 0 Å². The maximum Gasteiger partial charge on any atom is 0.107 e. The van der Waals surface area contributed by atoms with Gasteiger partial charge in [0.1, 0.15) is 5.01 Å². The maximum absolute atomic E-state index is 4.28. The monoisotopic (exact) mass is 170 g/mol. The number of hydrogen-bond acceptors (Lipinski definition) is 3. The zero-order valence-corrected chi connectivity index (χ0v) is 8.11. The number of nitrogens with zero attached hydrogens (tertiary/aromatic N) is 2. The third kappa shape index (κ3) is 2.60. The predicted molar refractivity (Wildman–Crippen MR) is 48.9 cm³/mol. The summed E-state index contributed by atoms with van der Waals surface area (Å²) < 4.78 is 0. The van der Waals surface area contributed by atoms with Gasteiger partial charge >= 0.3 is 0 Å². The summed E-state index contributed by atoms with van der Waals surface area (Å²) in [6, 6.07) is 0. The molecule has 0 atom stereocenters. The van der Waals surface area contributed by atoms with Gasteiger partial charge in [-0.05, 0) is 20.5 Å². The minimum atomic E-state index is 0.981. The molecular formula is C8H14N2S. The SMILES string of the molecule is CCN(C)Cc1ncc(C)s1. The molecule has 0 aliphatic carbocycles. The van der Waals surface area contributed by atoms with Gasteiger partial charge in [-0.2, -0.15) is 0 Å². The summed E-state index contributed by atoms with van der Waals surface area (Å²) in [5, 5.41) is 1.21. The first-order valence-electron chi connectivity index (χ1n) is 3.82. The molecule has 1 aromatic heterocycles. The fraction of sp³-hybridized carbons (Fsp3) is 0.625. The third-order valence-corrected chi connectivity index (χ3v) is 2.51. The predicted octanol–water partition coefficient (Wildman–Crippen LogP) is 1.90. The molecule has 0 aromatic carbocycles. The smallest absolute Gasteiger partial charge is 0.107 e. The van der Waals surface area contributed by atoms with Gasteiger partial charge in [0.2, 0.25) is 0 Å². The topological polar surface area (TPSA) is 16.1 Å². The van der Waals surface area contributed by atoms with Crippen LogP contribution in [-0.2, 0) is 6.54 Å². The molecule has 0 radical (unpaired) electrons. The molecule has 1 aromatic rings. The minimum absolute atomic E-state index is 0.981. The fourth-order valence-electron chi connectivity index (χ4n) is 0.817. The van der Waals surface area contributed by atoms with Crippen molar-refractivity contribution in [1.82, 2.24) is 9.88 Å². The van der Waals surface area contributed by atoms with Gasteiger partial charge in [0, 0.05) is 11.1 Å². The van der Waals surface area contributed by atoms with Gasteiger partial charge in [0.05, 0.1) is 6.54 Å². The standard InChI is InChI=1S/C8H14N2S/c1-4-10(3)6-8-9-5-7(2)11-8/h5H,4,6H2,1-3H3. The van der Waals surface area contributed by atoms with Gasteiger partial charge in [-0.25, -0.2) is 4.98 Å². The summed E-state index contributed by atoms with van der Waals surface area (Å²) in [7, 11) is 2.11. The quantitative estimate of drug-likeness (QED) is 0.689. The van der Waals surface area contributed by atoms with Gasteiger partial charge < -0.3 is 0 Å². The normalized spacial score (nSPS) is 10.9. The maximum atomic E-state index is 4.28. The van der Waals surface area contributed by atoms with Gasteiger partial charge in [-0.3, -0.25) is 4.90 Å². The minimum Gasteiger partial charge on any atom is -0.300 e. The van der Waals surface area contributed by atoms with Crippen LogP contribution >= 0.6 is 11.3 Å². The first kappa shape index (κ1) is 8.68. The summed E-state index contributed by atoms with van der Waals surface area (Å²) in [5.41, 5.74) is 0. The molecule has 0 saturated heterocycles. The Labute approximate surface area is 71.9 Å². The lowest BCUT2D eigenvalue weighted by Crippen LogP contribution is -2.16. The van der Waals surface area contributed by atoms with Crippen LogP contribution in [0.3, 0.4) is 0 Å². The van der Waals surface area contributed by atoms with Gasteiger partial charge in [-0.1, -0.05) is 6.92 Å². The molecule has 0 spiro atoms. The first-order valence-corrected chi connectivity index (χ1v) is 4.64. The van der Waals surface area contributed by atoms with Crippen molar-refractivity contribution < 1.29 is 0 Å². The van der Waals surface area contributed by atoms with Crippen LogP contribution in [0.1, 0.15) is 16.8 Å². The second-order valence-corrected chi connectivity index (χ2v) is 4.01. The van der Waals surface area contributed by atoms with Crippen molar-refractivity contribution in [3.05, 3.63) is 16.1 Å². The lowest BCUT2D eigenvalue weighted by molar-refractivity contribution is 0.345. The molecule has 0 bridgehead atoms. The van der Waals surface area contributed by atoms with E-state index in [0.29, 0.717) is 0 Å². The van der Waals surface area contributed by atoms with Crippen molar-refractivity contribution in [3.63, 3.8) is 0 Å². The van der Waals surface area contributed by atoms with E-state index in [4.69, 9.17) is 0 Å². The van der Waals surface area contributed by atoms with Gasteiger partial charge in [-0.15, -0.1) is 11.3 Å². The van der Waals surface area contributed by atoms with Crippen LogP contribution < -0.4 is 0 Å². The molecule has 0 aliphatic rings. The molecule has 0 N–H and O–H groups in total. The Kier molecular flexibility index (Phi) is 3.02. The molecule has 2 nitrogen and oxygen atoms in total. The van der Waals surface area contributed by atoms with Crippen LogP contribution in [0.25, 0.3) is 0 Å². The lowest BCUT2D eigenvalue weighted by Gasteiger charge is -2.10. The summed E-state index contributed by atoms with van der Waals surface area (Å²) >= 11 is 1.78. The van der Waals surface area contributed by atoms with E-state index >= 15 is 0 Å². The van der Waals surface area contributed by atoms with Gasteiger partial charge in [0.25, 0.3) is 0 Å². The average molecular weight is 170 g/mol. The molecular weight excluding hydrogens is 156 g/mol. The Morgan fingerprint density at radius 2 is 2.36 bits per heavy atom. The zero-order chi connectivity index (χ0) is 8.27. The van der Waals surface area contributed by atoms with E-state index in [0.717, 1.165) is 13.1 Å². The van der Waals surface area contributed by atoms with Crippen molar-refractivity contribution in [2.45, 2.75) is 20.4 Å². The fourth-order valence-corrected chi connectivity index (χ4v) is 1.68. The highest BCUT2D eigenvalue weighted by molar-refractivity contribution is 7.11. The van der Waals surface area contributed by atoms with Crippen molar-refractivity contribution in [3.8, 4) is 0 Å². The Morgan fingerprint density at radius 1 is 1.64 bits per heavy atom. The van der Waals surface area contributed by atoms with Crippen molar-refractivity contribution in [2.24, 2.45) is 0 Å². The van der Waals surface area contributed by atoms with E-state index in [1.165, 1.54) is 9.88 Å². The van der Waals surface area contributed by atoms with E-state index in [9.17, 15) is 0 Å². The number of hydrogen-bond donors (Lipinski definition) is 0. The molecule has 3 heteroatoms. The molecule has 0 amide bonds. The van der Waals surface area contributed by atoms with Crippen LogP contribution in [-0.4, -0.2) is 23.5 Å². The largest absolute Gasteiger partial charge is 0.300 e. The highest BCUT2D eigenvalue weighted by Crippen LogP contribution is 2.12. The molecule has 1 rings (SSSR count). The zero-order valence-electron chi connectivity index (χ0n) is 7.29. The Bertz CT molecular complexity index is 220. The highest BCUT2D eigenvalue weighted by Gasteiger charge is 2.00. The summed E-state index contributed by atoms with van der Waals surface area (Å²) in [5.74, 6) is 0. The van der Waals surface area contributed by atoms with Crippen molar-refractivity contribution in [2.75, 3.05) is 13.6 Å². The number of thiazole rings is 1. The van der Waals surface area contributed by atoms with Crippen molar-refractivity contribution >= 4 is 11.3 Å². The van der Waals surface area contributed by atoms with Crippen LogP contribution in [0.4, 0.5) is 0 Å². The third-order valence-electron chi connectivity index (χ3n) is 1.61. The summed E-state index contributed by atoms with van der Waals surface area (Å²) in [6.07, 6.45) is 1.93. The Balaban J connectivity index is 2.50. The van der Waals surface area contributed by atoms with Gasteiger partial charge in [0.15, 0.2) is 0 Å². The number of rotatable bonds is 3. The second kappa shape index (κ2) is 3.83. The molecule has 11 heavy (non-hydrogen) atoms. The van der Waals surface area contributed by atoms with Crippen LogP contribution in [0.15, 0.2) is 6.20 Å². The lowest BCUT2D eigenvalue weighted by atomic mass is 10.5. The van der Waals surface area contributed by atoms with Crippen LogP contribution in [0.2, 0.25) is 0 Å².